The quantitative estimate of drug-likeness (QED) is 0.832. The summed E-state index contributed by atoms with van der Waals surface area (Å²) in [4.78, 5) is 6.93. The monoisotopic (exact) mass is 252 g/mol. The van der Waals surface area contributed by atoms with E-state index in [0.717, 1.165) is 11.3 Å². The van der Waals surface area contributed by atoms with Crippen LogP contribution in [0.1, 0.15) is 0 Å². The van der Waals surface area contributed by atoms with Gasteiger partial charge >= 0.3 is 0 Å². The van der Waals surface area contributed by atoms with Gasteiger partial charge < -0.3 is 9.72 Å². The van der Waals surface area contributed by atoms with Crippen molar-refractivity contribution in [2.75, 3.05) is 7.11 Å². The number of nitrogens with one attached hydrogen (secondary N) is 1. The first-order valence-corrected chi connectivity index (χ1v) is 5.38. The molecule has 0 atom stereocenters. The molecule has 5 heteroatoms. The Hall–Kier alpha value is -1.39. The molecule has 1 heterocycles. The summed E-state index contributed by atoms with van der Waals surface area (Å²) in [7, 11) is 1.58. The average molecular weight is 253 g/mol. The molecule has 2 rings (SSSR count). The Morgan fingerprint density at radius 3 is 2.88 bits per heavy atom. The molecule has 0 bridgehead atoms. The van der Waals surface area contributed by atoms with Gasteiger partial charge in [0.15, 0.2) is 4.77 Å². The van der Waals surface area contributed by atoms with Crippen molar-refractivity contribution in [3.63, 3.8) is 0 Å². The average Bonchev–Trinajstić information content (AvgIpc) is 2.29. The second kappa shape index (κ2) is 4.63. The summed E-state index contributed by atoms with van der Waals surface area (Å²) in [5, 5.41) is 0.582. The van der Waals surface area contributed by atoms with E-state index < -0.39 is 0 Å². The van der Waals surface area contributed by atoms with Crippen LogP contribution >= 0.6 is 23.8 Å². The second-order valence-electron chi connectivity index (χ2n) is 3.14. The van der Waals surface area contributed by atoms with Crippen LogP contribution < -0.4 is 4.74 Å². The SMILES string of the molecule is COc1cc(-c2ccnc(=S)[nH]2)ccc1Cl. The molecule has 0 aliphatic heterocycles. The minimum absolute atomic E-state index is 0.450. The van der Waals surface area contributed by atoms with Crippen LogP contribution in [0.5, 0.6) is 5.75 Å². The van der Waals surface area contributed by atoms with E-state index in [0.29, 0.717) is 15.5 Å². The van der Waals surface area contributed by atoms with Gasteiger partial charge in [0.1, 0.15) is 5.75 Å². The van der Waals surface area contributed by atoms with E-state index >= 15 is 0 Å². The van der Waals surface area contributed by atoms with Crippen LogP contribution in [0.25, 0.3) is 11.3 Å². The number of methoxy groups -OCH3 is 1. The molecule has 3 nitrogen and oxygen atoms in total. The molecular weight excluding hydrogens is 244 g/mol. The summed E-state index contributed by atoms with van der Waals surface area (Å²) in [5.41, 5.74) is 1.84. The highest BCUT2D eigenvalue weighted by Crippen LogP contribution is 2.29. The van der Waals surface area contributed by atoms with Crippen molar-refractivity contribution < 1.29 is 4.74 Å². The van der Waals surface area contributed by atoms with E-state index in [-0.39, 0.29) is 0 Å². The number of rotatable bonds is 2. The number of hydrogen-bond acceptors (Lipinski definition) is 3. The number of aromatic amines is 1. The van der Waals surface area contributed by atoms with Crippen LogP contribution in [0.3, 0.4) is 0 Å². The van der Waals surface area contributed by atoms with Crippen LogP contribution in [0, 0.1) is 4.77 Å². The third-order valence-corrected chi connectivity index (χ3v) is 2.66. The molecule has 0 saturated carbocycles. The Bertz CT molecular complexity index is 568. The van der Waals surface area contributed by atoms with Gasteiger partial charge in [-0.1, -0.05) is 17.7 Å². The fraction of sp³-hybridized carbons (Fsp3) is 0.0909. The molecule has 0 amide bonds. The van der Waals surface area contributed by atoms with Gasteiger partial charge in [0, 0.05) is 17.5 Å². The zero-order chi connectivity index (χ0) is 11.5. The zero-order valence-electron chi connectivity index (χ0n) is 8.53. The number of H-pyrrole nitrogens is 1. The van der Waals surface area contributed by atoms with E-state index in [1.54, 1.807) is 19.4 Å². The maximum absolute atomic E-state index is 5.95. The van der Waals surface area contributed by atoms with Gasteiger partial charge in [0.05, 0.1) is 12.1 Å². The highest BCUT2D eigenvalue weighted by atomic mass is 35.5. The molecule has 2 aromatic rings. The fourth-order valence-electron chi connectivity index (χ4n) is 1.36. The van der Waals surface area contributed by atoms with E-state index in [4.69, 9.17) is 28.6 Å². The Morgan fingerprint density at radius 2 is 2.19 bits per heavy atom. The lowest BCUT2D eigenvalue weighted by Crippen LogP contribution is -1.88. The number of ether oxygens (including phenoxy) is 1. The third-order valence-electron chi connectivity index (χ3n) is 2.14. The molecule has 0 saturated heterocycles. The fourth-order valence-corrected chi connectivity index (χ4v) is 1.73. The summed E-state index contributed by atoms with van der Waals surface area (Å²) in [6.45, 7) is 0. The predicted octanol–water partition coefficient (Wildman–Crippen LogP) is 3.47. The summed E-state index contributed by atoms with van der Waals surface area (Å²) in [6.07, 6.45) is 1.66. The van der Waals surface area contributed by atoms with Crippen molar-refractivity contribution >= 4 is 23.8 Å². The molecule has 0 aliphatic carbocycles. The lowest BCUT2D eigenvalue weighted by molar-refractivity contribution is 0.415. The standard InChI is InChI=1S/C11H9ClN2OS/c1-15-10-6-7(2-3-8(10)12)9-4-5-13-11(16)14-9/h2-6H,1H3,(H,13,14,16). The van der Waals surface area contributed by atoms with E-state index in [1.165, 1.54) is 0 Å². The van der Waals surface area contributed by atoms with Crippen LogP contribution in [-0.2, 0) is 0 Å². The topological polar surface area (TPSA) is 37.9 Å². The van der Waals surface area contributed by atoms with Gasteiger partial charge in [-0.15, -0.1) is 0 Å². The van der Waals surface area contributed by atoms with Crippen LogP contribution in [0.15, 0.2) is 30.5 Å². The van der Waals surface area contributed by atoms with E-state index in [9.17, 15) is 0 Å². The van der Waals surface area contributed by atoms with Gasteiger partial charge in [-0.25, -0.2) is 4.98 Å². The molecule has 82 valence electrons. The largest absolute Gasteiger partial charge is 0.495 e. The molecule has 0 aliphatic rings. The van der Waals surface area contributed by atoms with Crippen molar-refractivity contribution in [2.45, 2.75) is 0 Å². The molecule has 16 heavy (non-hydrogen) atoms. The molecule has 1 N–H and O–H groups in total. The summed E-state index contributed by atoms with van der Waals surface area (Å²) < 4.78 is 5.60. The van der Waals surface area contributed by atoms with Crippen LogP contribution in [0.4, 0.5) is 0 Å². The summed E-state index contributed by atoms with van der Waals surface area (Å²) in [5.74, 6) is 0.635. The maximum atomic E-state index is 5.95. The minimum Gasteiger partial charge on any atom is -0.495 e. The predicted molar refractivity (Wildman–Crippen MR) is 66.4 cm³/mol. The molecule has 1 aromatic carbocycles. The highest BCUT2D eigenvalue weighted by molar-refractivity contribution is 7.71. The Labute approximate surface area is 103 Å². The van der Waals surface area contributed by atoms with Gasteiger partial charge in [-0.05, 0) is 30.4 Å². The molecule has 1 aromatic heterocycles. The van der Waals surface area contributed by atoms with Gasteiger partial charge in [0.25, 0.3) is 0 Å². The lowest BCUT2D eigenvalue weighted by Gasteiger charge is -2.06. The first-order chi connectivity index (χ1) is 7.70. The lowest BCUT2D eigenvalue weighted by atomic mass is 10.1. The zero-order valence-corrected chi connectivity index (χ0v) is 10.1. The van der Waals surface area contributed by atoms with Crippen molar-refractivity contribution in [1.82, 2.24) is 9.97 Å². The third kappa shape index (κ3) is 2.23. The Kier molecular flexibility index (Phi) is 3.22. The van der Waals surface area contributed by atoms with Crippen molar-refractivity contribution in [3.8, 4) is 17.0 Å². The number of nitrogens with zero attached hydrogens (tertiary/aromatic N) is 1. The molecule has 0 fully saturated rings. The van der Waals surface area contributed by atoms with Crippen molar-refractivity contribution in [2.24, 2.45) is 0 Å². The van der Waals surface area contributed by atoms with Gasteiger partial charge in [-0.2, -0.15) is 0 Å². The van der Waals surface area contributed by atoms with Gasteiger partial charge in [0.2, 0.25) is 0 Å². The van der Waals surface area contributed by atoms with Crippen molar-refractivity contribution in [3.05, 3.63) is 40.3 Å². The maximum Gasteiger partial charge on any atom is 0.197 e. The van der Waals surface area contributed by atoms with Gasteiger partial charge in [-0.3, -0.25) is 0 Å². The summed E-state index contributed by atoms with van der Waals surface area (Å²) >= 11 is 10.9. The van der Waals surface area contributed by atoms with Crippen LogP contribution in [0.2, 0.25) is 5.02 Å². The minimum atomic E-state index is 0.450. The van der Waals surface area contributed by atoms with Crippen molar-refractivity contribution in [1.29, 1.82) is 0 Å². The first-order valence-electron chi connectivity index (χ1n) is 4.60. The number of benzene rings is 1. The molecule has 0 spiro atoms. The summed E-state index contributed by atoms with van der Waals surface area (Å²) in [6, 6.07) is 7.37. The molecule has 0 radical (unpaired) electrons. The smallest absolute Gasteiger partial charge is 0.197 e. The Balaban J connectivity index is 2.52. The van der Waals surface area contributed by atoms with E-state index in [1.807, 2.05) is 18.2 Å². The number of hydrogen-bond donors (Lipinski definition) is 1. The normalized spacial score (nSPS) is 10.1. The highest BCUT2D eigenvalue weighted by Gasteiger charge is 2.04. The molecule has 0 unspecified atom stereocenters. The van der Waals surface area contributed by atoms with E-state index in [2.05, 4.69) is 9.97 Å². The first kappa shape index (κ1) is 11.1. The number of aromatic nitrogens is 2. The second-order valence-corrected chi connectivity index (χ2v) is 3.93. The number of halogens is 1. The Morgan fingerprint density at radius 1 is 1.38 bits per heavy atom. The molecular formula is C11H9ClN2OS. The van der Waals surface area contributed by atoms with Crippen LogP contribution in [-0.4, -0.2) is 17.1 Å².